The molecule has 0 saturated carbocycles. The zero-order chi connectivity index (χ0) is 23.3. The van der Waals surface area contributed by atoms with Crippen molar-refractivity contribution in [2.24, 2.45) is 5.92 Å². The Hall–Kier alpha value is -2.90. The third kappa shape index (κ3) is 6.12. The molecule has 0 atom stereocenters. The van der Waals surface area contributed by atoms with Gasteiger partial charge in [-0.1, -0.05) is 60.2 Å². The predicted octanol–water partition coefficient (Wildman–Crippen LogP) is 3.89. The van der Waals surface area contributed by atoms with E-state index in [4.69, 9.17) is 4.74 Å². The number of carbonyl (C=O) groups excluding carboxylic acids is 1. The number of nitrogens with zero attached hydrogens (tertiary/aromatic N) is 1. The lowest BCUT2D eigenvalue weighted by Crippen LogP contribution is -2.43. The molecule has 0 spiro atoms. The number of amides is 1. The third-order valence-electron chi connectivity index (χ3n) is 6.08. The number of ether oxygens (including phenoxy) is 1. The summed E-state index contributed by atoms with van der Waals surface area (Å²) in [6.45, 7) is 3.52. The summed E-state index contributed by atoms with van der Waals surface area (Å²) in [5, 5.41) is 5.20. The number of sulfonamides is 1. The second-order valence-corrected chi connectivity index (χ2v) is 10.5. The van der Waals surface area contributed by atoms with E-state index in [9.17, 15) is 13.2 Å². The van der Waals surface area contributed by atoms with Crippen LogP contribution in [0.3, 0.4) is 0 Å². The van der Waals surface area contributed by atoms with E-state index in [2.05, 4.69) is 11.4 Å². The van der Waals surface area contributed by atoms with Gasteiger partial charge in [0.25, 0.3) is 0 Å². The summed E-state index contributed by atoms with van der Waals surface area (Å²) in [7, 11) is -3.38. The van der Waals surface area contributed by atoms with Crippen LogP contribution in [-0.4, -0.2) is 44.9 Å². The number of carbonyl (C=O) groups is 1. The monoisotopic (exact) mass is 466 g/mol. The number of fused-ring (bicyclic) bond motifs is 1. The van der Waals surface area contributed by atoms with Crippen LogP contribution < -0.4 is 10.1 Å². The molecule has 7 heteroatoms. The Bertz CT molecular complexity index is 1200. The predicted molar refractivity (Wildman–Crippen MR) is 131 cm³/mol. The lowest BCUT2D eigenvalue weighted by molar-refractivity contribution is -0.126. The molecule has 1 saturated heterocycles. The summed E-state index contributed by atoms with van der Waals surface area (Å²) in [6.07, 6.45) is 1.06. The molecule has 0 unspecified atom stereocenters. The first-order chi connectivity index (χ1) is 15.9. The Kier molecular flexibility index (Phi) is 7.30. The van der Waals surface area contributed by atoms with Crippen molar-refractivity contribution in [1.82, 2.24) is 9.62 Å². The maximum Gasteiger partial charge on any atom is 0.223 e. The van der Waals surface area contributed by atoms with Crippen molar-refractivity contribution < 1.29 is 17.9 Å². The number of nitrogens with one attached hydrogen (secondary N) is 1. The van der Waals surface area contributed by atoms with E-state index in [1.165, 1.54) is 4.31 Å². The SMILES string of the molecule is Cc1ccc(CS(=O)(=O)N2CCC(C(=O)NCCOc3ccc4ccccc4c3)CC2)cc1. The fourth-order valence-corrected chi connectivity index (χ4v) is 5.69. The Morgan fingerprint density at radius 1 is 1.00 bits per heavy atom. The van der Waals surface area contributed by atoms with Gasteiger partial charge in [-0.3, -0.25) is 4.79 Å². The Balaban J connectivity index is 1.20. The van der Waals surface area contributed by atoms with Gasteiger partial charge in [-0.15, -0.1) is 0 Å². The highest BCUT2D eigenvalue weighted by Gasteiger charge is 2.31. The highest BCUT2D eigenvalue weighted by Crippen LogP contribution is 2.23. The smallest absolute Gasteiger partial charge is 0.223 e. The molecule has 1 heterocycles. The molecule has 174 valence electrons. The zero-order valence-corrected chi connectivity index (χ0v) is 19.7. The van der Waals surface area contributed by atoms with Crippen molar-refractivity contribution in [3.05, 3.63) is 77.9 Å². The number of piperidine rings is 1. The first-order valence-corrected chi connectivity index (χ1v) is 12.9. The normalized spacial score (nSPS) is 15.4. The van der Waals surface area contributed by atoms with Crippen LogP contribution in [0, 0.1) is 12.8 Å². The van der Waals surface area contributed by atoms with Crippen LogP contribution in [-0.2, 0) is 20.6 Å². The highest BCUT2D eigenvalue weighted by atomic mass is 32.2. The van der Waals surface area contributed by atoms with E-state index in [0.717, 1.165) is 27.6 Å². The average Bonchev–Trinajstić information content (AvgIpc) is 2.83. The summed E-state index contributed by atoms with van der Waals surface area (Å²) < 4.78 is 32.8. The molecule has 1 amide bonds. The van der Waals surface area contributed by atoms with Crippen LogP contribution in [0.4, 0.5) is 0 Å². The zero-order valence-electron chi connectivity index (χ0n) is 18.9. The van der Waals surface area contributed by atoms with Gasteiger partial charge in [0.15, 0.2) is 0 Å². The Morgan fingerprint density at radius 2 is 1.70 bits per heavy atom. The van der Waals surface area contributed by atoms with Crippen LogP contribution in [0.15, 0.2) is 66.7 Å². The molecule has 0 bridgehead atoms. The minimum Gasteiger partial charge on any atom is -0.492 e. The minimum absolute atomic E-state index is 0.00372. The molecule has 1 aliphatic rings. The topological polar surface area (TPSA) is 75.7 Å². The van der Waals surface area contributed by atoms with Crippen molar-refractivity contribution >= 4 is 26.7 Å². The number of hydrogen-bond donors (Lipinski definition) is 1. The molecule has 0 aromatic heterocycles. The second-order valence-electron chi connectivity index (χ2n) is 8.56. The van der Waals surface area contributed by atoms with E-state index < -0.39 is 10.0 Å². The first-order valence-electron chi connectivity index (χ1n) is 11.3. The van der Waals surface area contributed by atoms with E-state index in [-0.39, 0.29) is 17.6 Å². The minimum atomic E-state index is -3.38. The molecular formula is C26H30N2O4S. The number of rotatable bonds is 8. The van der Waals surface area contributed by atoms with Gasteiger partial charge in [-0.2, -0.15) is 0 Å². The van der Waals surface area contributed by atoms with Crippen molar-refractivity contribution in [1.29, 1.82) is 0 Å². The lowest BCUT2D eigenvalue weighted by Gasteiger charge is -2.30. The summed E-state index contributed by atoms with van der Waals surface area (Å²) in [6, 6.07) is 21.6. The van der Waals surface area contributed by atoms with Gasteiger partial charge in [0.1, 0.15) is 12.4 Å². The lowest BCUT2D eigenvalue weighted by atomic mass is 9.97. The first kappa shape index (κ1) is 23.3. The van der Waals surface area contributed by atoms with Crippen LogP contribution in [0.1, 0.15) is 24.0 Å². The summed E-state index contributed by atoms with van der Waals surface area (Å²) in [5.41, 5.74) is 1.89. The van der Waals surface area contributed by atoms with Crippen molar-refractivity contribution in [3.8, 4) is 5.75 Å². The van der Waals surface area contributed by atoms with Gasteiger partial charge in [0.2, 0.25) is 15.9 Å². The van der Waals surface area contributed by atoms with Crippen molar-refractivity contribution in [3.63, 3.8) is 0 Å². The van der Waals surface area contributed by atoms with E-state index in [1.807, 2.05) is 67.6 Å². The maximum absolute atomic E-state index is 12.8. The standard InChI is InChI=1S/C26H30N2O4S/c1-20-6-8-21(9-7-20)19-33(30,31)28-15-12-23(13-16-28)26(29)27-14-17-32-25-11-10-22-4-2-3-5-24(22)18-25/h2-11,18,23H,12-17,19H2,1H3,(H,27,29). The van der Waals surface area contributed by atoms with Crippen LogP contribution in [0.25, 0.3) is 10.8 Å². The van der Waals surface area contributed by atoms with Gasteiger partial charge >= 0.3 is 0 Å². The Labute approximate surface area is 195 Å². The number of aryl methyl sites for hydroxylation is 1. The molecule has 1 aliphatic heterocycles. The largest absolute Gasteiger partial charge is 0.492 e. The van der Waals surface area contributed by atoms with Crippen molar-refractivity contribution in [2.45, 2.75) is 25.5 Å². The maximum atomic E-state index is 12.8. The van der Waals surface area contributed by atoms with Gasteiger partial charge in [-0.25, -0.2) is 12.7 Å². The van der Waals surface area contributed by atoms with Crippen LogP contribution in [0.5, 0.6) is 5.75 Å². The molecule has 1 fully saturated rings. The molecule has 3 aromatic carbocycles. The van der Waals surface area contributed by atoms with E-state index in [0.29, 0.717) is 39.1 Å². The molecule has 4 rings (SSSR count). The van der Waals surface area contributed by atoms with Crippen molar-refractivity contribution in [2.75, 3.05) is 26.2 Å². The quantitative estimate of drug-likeness (QED) is 0.511. The van der Waals surface area contributed by atoms with Crippen LogP contribution in [0.2, 0.25) is 0 Å². The number of benzene rings is 3. The molecule has 0 radical (unpaired) electrons. The summed E-state index contributed by atoms with van der Waals surface area (Å²) in [4.78, 5) is 12.5. The average molecular weight is 467 g/mol. The fraction of sp³-hybridized carbons (Fsp3) is 0.346. The van der Waals surface area contributed by atoms with Gasteiger partial charge in [-0.05, 0) is 48.2 Å². The fourth-order valence-electron chi connectivity index (χ4n) is 4.13. The van der Waals surface area contributed by atoms with Crippen LogP contribution >= 0.6 is 0 Å². The summed E-state index contributed by atoms with van der Waals surface area (Å²) >= 11 is 0. The molecule has 6 nitrogen and oxygen atoms in total. The molecule has 1 N–H and O–H groups in total. The highest BCUT2D eigenvalue weighted by molar-refractivity contribution is 7.88. The third-order valence-corrected chi connectivity index (χ3v) is 7.93. The summed E-state index contributed by atoms with van der Waals surface area (Å²) in [5.74, 6) is 0.565. The number of hydrogen-bond acceptors (Lipinski definition) is 4. The molecule has 0 aliphatic carbocycles. The molecule has 33 heavy (non-hydrogen) atoms. The molecule has 3 aromatic rings. The van der Waals surface area contributed by atoms with E-state index >= 15 is 0 Å². The van der Waals surface area contributed by atoms with E-state index in [1.54, 1.807) is 0 Å². The van der Waals surface area contributed by atoms with Gasteiger partial charge in [0.05, 0.1) is 12.3 Å². The second kappa shape index (κ2) is 10.4. The Morgan fingerprint density at radius 3 is 2.42 bits per heavy atom. The van der Waals surface area contributed by atoms with Gasteiger partial charge in [0, 0.05) is 19.0 Å². The van der Waals surface area contributed by atoms with Gasteiger partial charge < -0.3 is 10.1 Å². The molecular weight excluding hydrogens is 436 g/mol.